The average Bonchev–Trinajstić information content (AvgIpc) is 3.02. The number of nitrogens with one attached hydrogen (secondary N) is 3. The Balaban J connectivity index is 0.000000238. The average molecular weight is 613 g/mol. The summed E-state index contributed by atoms with van der Waals surface area (Å²) < 4.78 is 10.9. The van der Waals surface area contributed by atoms with E-state index in [1.165, 1.54) is 31.0 Å². The van der Waals surface area contributed by atoms with Gasteiger partial charge in [0.25, 0.3) is 11.8 Å². The van der Waals surface area contributed by atoms with E-state index in [1.807, 2.05) is 18.2 Å². The minimum absolute atomic E-state index is 0.0485. The normalized spacial score (nSPS) is 12.7. The number of amides is 4. The summed E-state index contributed by atoms with van der Waals surface area (Å²) >= 11 is 6.00. The number of halogens is 1. The lowest BCUT2D eigenvalue weighted by molar-refractivity contribution is -0.139. The molecule has 0 spiro atoms. The summed E-state index contributed by atoms with van der Waals surface area (Å²) in [5.74, 6) is -0.574. The lowest BCUT2D eigenvalue weighted by Gasteiger charge is -2.32. The van der Waals surface area contributed by atoms with Crippen molar-refractivity contribution >= 4 is 41.2 Å². The number of carbonyl (C=O) groups is 4. The fraction of sp³-hybridized carbons (Fsp3) is 0.310. The molecule has 4 amide bonds. The summed E-state index contributed by atoms with van der Waals surface area (Å²) in [5, 5.41) is 8.26. The van der Waals surface area contributed by atoms with Gasteiger partial charge in [-0.1, -0.05) is 35.9 Å². The molecule has 0 bridgehead atoms. The molecule has 1 aliphatic heterocycles. The van der Waals surface area contributed by atoms with Crippen molar-refractivity contribution in [1.82, 2.24) is 25.1 Å². The van der Waals surface area contributed by atoms with Crippen LogP contribution in [-0.2, 0) is 16.6 Å². The number of carbonyl (C=O) groups excluding carboxylic acids is 4. The van der Waals surface area contributed by atoms with Gasteiger partial charge in [0.05, 0.1) is 19.2 Å². The molecule has 0 radical (unpaired) electrons. The van der Waals surface area contributed by atoms with Crippen molar-refractivity contribution in [2.24, 2.45) is 7.05 Å². The summed E-state index contributed by atoms with van der Waals surface area (Å²) in [7, 11) is 4.28. The zero-order chi connectivity index (χ0) is 31.4. The summed E-state index contributed by atoms with van der Waals surface area (Å²) in [6.07, 6.45) is 2.88. The molecule has 1 aliphatic rings. The Bertz CT molecular complexity index is 1490. The monoisotopic (exact) mass is 612 g/mol. The number of hydrogen-bond donors (Lipinski definition) is 3. The Kier molecular flexibility index (Phi) is 12.1. The summed E-state index contributed by atoms with van der Waals surface area (Å²) in [5.41, 5.74) is 0.360. The van der Waals surface area contributed by atoms with Gasteiger partial charge in [-0.15, -0.1) is 0 Å². The number of nitrogens with zero attached hydrogens (tertiary/aromatic N) is 3. The van der Waals surface area contributed by atoms with Crippen LogP contribution < -0.4 is 26.4 Å². The highest BCUT2D eigenvalue weighted by molar-refractivity contribution is 6.34. The second-order valence-corrected chi connectivity index (χ2v) is 9.72. The van der Waals surface area contributed by atoms with Gasteiger partial charge in [-0.25, -0.2) is 9.59 Å². The van der Waals surface area contributed by atoms with Crippen molar-refractivity contribution in [3.05, 3.63) is 87.4 Å². The lowest BCUT2D eigenvalue weighted by Crippen LogP contribution is -2.50. The molecule has 3 aromatic rings. The van der Waals surface area contributed by atoms with Gasteiger partial charge >= 0.3 is 17.7 Å². The molecule has 4 rings (SSSR count). The number of piperidine rings is 1. The Morgan fingerprint density at radius 3 is 2.30 bits per heavy atom. The molecule has 0 unspecified atom stereocenters. The van der Waals surface area contributed by atoms with Gasteiger partial charge in [-0.05, 0) is 43.2 Å². The number of aryl methyl sites for hydroxylation is 1. The van der Waals surface area contributed by atoms with E-state index in [0.29, 0.717) is 37.2 Å². The van der Waals surface area contributed by atoms with Crippen molar-refractivity contribution in [3.8, 4) is 5.75 Å². The van der Waals surface area contributed by atoms with E-state index < -0.39 is 17.6 Å². The summed E-state index contributed by atoms with van der Waals surface area (Å²) in [6.45, 7) is 0.930. The number of urea groups is 1. The van der Waals surface area contributed by atoms with Crippen LogP contribution in [-0.4, -0.2) is 78.2 Å². The predicted octanol–water partition coefficient (Wildman–Crippen LogP) is 2.46. The number of methoxy groups -OCH3 is 2. The molecular formula is C29H33ClN6O7. The quantitative estimate of drug-likeness (QED) is 0.343. The van der Waals surface area contributed by atoms with E-state index in [9.17, 15) is 24.0 Å². The molecule has 43 heavy (non-hydrogen) atoms. The molecule has 13 nitrogen and oxygen atoms in total. The van der Waals surface area contributed by atoms with E-state index in [0.717, 1.165) is 0 Å². The minimum Gasteiger partial charge on any atom is -0.496 e. The summed E-state index contributed by atoms with van der Waals surface area (Å²) in [4.78, 5) is 63.9. The number of benzene rings is 2. The topological polar surface area (TPSA) is 161 Å². The number of likely N-dealkylation sites (tertiary alicyclic amines) is 1. The third kappa shape index (κ3) is 9.57. The first-order valence-electron chi connectivity index (χ1n) is 13.3. The molecule has 14 heteroatoms. The molecule has 3 N–H and O–H groups in total. The van der Waals surface area contributed by atoms with Gasteiger partial charge in [0, 0.05) is 37.9 Å². The standard InChI is InChI=1S/C16H21N3O4.C13H12ClN3O3/c1-23-14(20)11-17-16(22)19-9-7-13(8-10-19)18-15(21)12-5-3-2-4-6-12;1-17-7-6-10(16-13(17)19)15-12(18)11-8(14)4-3-5-9(11)20-2/h2-6,13H,7-11H2,1H3,(H,17,22)(H,18,21);3-7H,1-2H3,(H,15,16,18,19). The van der Waals surface area contributed by atoms with Crippen LogP contribution in [0.25, 0.3) is 0 Å². The van der Waals surface area contributed by atoms with Crippen LogP contribution in [0, 0.1) is 0 Å². The van der Waals surface area contributed by atoms with Crippen LogP contribution in [0.4, 0.5) is 10.6 Å². The highest BCUT2D eigenvalue weighted by Gasteiger charge is 2.24. The van der Waals surface area contributed by atoms with E-state index in [4.69, 9.17) is 16.3 Å². The van der Waals surface area contributed by atoms with Crippen LogP contribution in [0.5, 0.6) is 5.75 Å². The van der Waals surface area contributed by atoms with Crippen molar-refractivity contribution in [2.45, 2.75) is 18.9 Å². The number of ether oxygens (including phenoxy) is 2. The van der Waals surface area contributed by atoms with Gasteiger partial charge < -0.3 is 34.9 Å². The van der Waals surface area contributed by atoms with Crippen LogP contribution >= 0.6 is 11.6 Å². The molecule has 228 valence electrons. The maximum absolute atomic E-state index is 12.2. The number of rotatable bonds is 7. The SMILES string of the molecule is COC(=O)CNC(=O)N1CCC(NC(=O)c2ccccc2)CC1.COc1cccc(Cl)c1C(=O)Nc1ccn(C)c(=O)n1. The van der Waals surface area contributed by atoms with Gasteiger partial charge in [0.15, 0.2) is 0 Å². The Hall–Kier alpha value is -4.91. The maximum Gasteiger partial charge on any atom is 0.349 e. The number of esters is 1. The Morgan fingerprint density at radius 2 is 1.67 bits per heavy atom. The summed E-state index contributed by atoms with van der Waals surface area (Å²) in [6, 6.07) is 15.2. The fourth-order valence-corrected chi connectivity index (χ4v) is 4.28. The first kappa shape index (κ1) is 32.6. The largest absolute Gasteiger partial charge is 0.496 e. The van der Waals surface area contributed by atoms with Crippen LogP contribution in [0.15, 0.2) is 65.6 Å². The smallest absolute Gasteiger partial charge is 0.349 e. The molecule has 2 heterocycles. The molecule has 0 aliphatic carbocycles. The zero-order valence-corrected chi connectivity index (χ0v) is 24.7. The molecule has 1 saturated heterocycles. The highest BCUT2D eigenvalue weighted by atomic mass is 35.5. The van der Waals surface area contributed by atoms with Crippen molar-refractivity contribution < 1.29 is 28.7 Å². The van der Waals surface area contributed by atoms with Crippen LogP contribution in [0.1, 0.15) is 33.6 Å². The van der Waals surface area contributed by atoms with Crippen molar-refractivity contribution in [1.29, 1.82) is 0 Å². The first-order valence-corrected chi connectivity index (χ1v) is 13.6. The number of anilines is 1. The first-order chi connectivity index (χ1) is 20.6. The number of hydrogen-bond acceptors (Lipinski definition) is 8. The van der Waals surface area contributed by atoms with Gasteiger partial charge in [0.2, 0.25) is 0 Å². The van der Waals surface area contributed by atoms with Gasteiger partial charge in [0.1, 0.15) is 23.7 Å². The third-order valence-electron chi connectivity index (χ3n) is 6.40. The Morgan fingerprint density at radius 1 is 0.977 bits per heavy atom. The zero-order valence-electron chi connectivity index (χ0n) is 24.0. The van der Waals surface area contributed by atoms with Crippen molar-refractivity contribution in [2.75, 3.05) is 39.2 Å². The van der Waals surface area contributed by atoms with Gasteiger partial charge in [-0.3, -0.25) is 14.4 Å². The molecular weight excluding hydrogens is 580 g/mol. The van der Waals surface area contributed by atoms with Crippen LogP contribution in [0.2, 0.25) is 5.02 Å². The molecule has 1 aromatic heterocycles. The van der Waals surface area contributed by atoms with E-state index in [1.54, 1.807) is 42.3 Å². The van der Waals surface area contributed by atoms with Crippen LogP contribution in [0.3, 0.4) is 0 Å². The number of aromatic nitrogens is 2. The minimum atomic E-state index is -0.492. The Labute approximate surface area is 253 Å². The van der Waals surface area contributed by atoms with E-state index in [-0.39, 0.29) is 40.9 Å². The van der Waals surface area contributed by atoms with E-state index >= 15 is 0 Å². The molecule has 0 atom stereocenters. The lowest BCUT2D eigenvalue weighted by atomic mass is 10.0. The fourth-order valence-electron chi connectivity index (χ4n) is 4.03. The highest BCUT2D eigenvalue weighted by Crippen LogP contribution is 2.26. The van der Waals surface area contributed by atoms with Crippen molar-refractivity contribution in [3.63, 3.8) is 0 Å². The van der Waals surface area contributed by atoms with Gasteiger partial charge in [-0.2, -0.15) is 4.98 Å². The second-order valence-electron chi connectivity index (χ2n) is 9.31. The second kappa shape index (κ2) is 15.9. The predicted molar refractivity (Wildman–Crippen MR) is 159 cm³/mol. The van der Waals surface area contributed by atoms with E-state index in [2.05, 4.69) is 25.7 Å². The maximum atomic E-state index is 12.2. The molecule has 0 saturated carbocycles. The third-order valence-corrected chi connectivity index (χ3v) is 6.72. The molecule has 1 fully saturated rings. The molecule has 2 aromatic carbocycles.